The van der Waals surface area contributed by atoms with Gasteiger partial charge in [0.25, 0.3) is 0 Å². The van der Waals surface area contributed by atoms with E-state index in [1.54, 1.807) is 18.3 Å². The number of hydrazone groups is 1. The van der Waals surface area contributed by atoms with Crippen molar-refractivity contribution in [1.29, 1.82) is 0 Å². The topological polar surface area (TPSA) is 68.8 Å². The van der Waals surface area contributed by atoms with Gasteiger partial charge in [-0.3, -0.25) is 4.79 Å². The molecule has 0 atom stereocenters. The number of nitrogens with one attached hydrogen (secondary N) is 1. The Morgan fingerprint density at radius 1 is 1.00 bits per heavy atom. The molecule has 2 aromatic carbocycles. The van der Waals surface area contributed by atoms with Crippen LogP contribution in [-0.2, 0) is 6.61 Å². The predicted molar refractivity (Wildman–Crippen MR) is 129 cm³/mol. The molecule has 4 rings (SSSR count). The molecule has 1 N–H and O–H groups in total. The third kappa shape index (κ3) is 4.90. The zero-order valence-electron chi connectivity index (χ0n) is 19.3. The molecular weight excluding hydrogens is 414 g/mol. The van der Waals surface area contributed by atoms with E-state index in [0.717, 1.165) is 22.7 Å². The van der Waals surface area contributed by atoms with Crippen molar-refractivity contribution in [2.24, 2.45) is 5.10 Å². The lowest BCUT2D eigenvalue weighted by molar-refractivity contribution is 0.0923. The summed E-state index contributed by atoms with van der Waals surface area (Å²) in [6.45, 7) is 8.57. The normalized spacial score (nSPS) is 11.2. The molecule has 168 valence electrons. The Balaban J connectivity index is 1.42. The van der Waals surface area contributed by atoms with Gasteiger partial charge in [-0.2, -0.15) is 5.10 Å². The van der Waals surface area contributed by atoms with Gasteiger partial charge in [0.05, 0.1) is 11.9 Å². The number of furan rings is 1. The van der Waals surface area contributed by atoms with Crippen LogP contribution in [0.3, 0.4) is 0 Å². The van der Waals surface area contributed by atoms with Crippen LogP contribution in [0.25, 0.3) is 5.69 Å². The number of hydrogen-bond acceptors (Lipinski definition) is 4. The molecule has 0 aliphatic rings. The minimum absolute atomic E-state index is 0.180. The van der Waals surface area contributed by atoms with Gasteiger partial charge in [-0.05, 0) is 69.2 Å². The fourth-order valence-electron chi connectivity index (χ4n) is 3.89. The van der Waals surface area contributed by atoms with Crippen LogP contribution in [0.15, 0.2) is 76.2 Å². The highest BCUT2D eigenvalue weighted by molar-refractivity contribution is 5.92. The summed E-state index contributed by atoms with van der Waals surface area (Å²) in [7, 11) is 0. The molecule has 0 aliphatic heterocycles. The first-order valence-electron chi connectivity index (χ1n) is 10.8. The third-order valence-corrected chi connectivity index (χ3v) is 5.51. The Labute approximate surface area is 193 Å². The van der Waals surface area contributed by atoms with Crippen molar-refractivity contribution < 1.29 is 13.9 Å². The van der Waals surface area contributed by atoms with Crippen LogP contribution >= 0.6 is 0 Å². The highest BCUT2D eigenvalue weighted by Crippen LogP contribution is 2.25. The largest absolute Gasteiger partial charge is 0.486 e. The highest BCUT2D eigenvalue weighted by atomic mass is 16.5. The summed E-state index contributed by atoms with van der Waals surface area (Å²) in [4.78, 5) is 12.4. The van der Waals surface area contributed by atoms with Crippen molar-refractivity contribution in [3.63, 3.8) is 0 Å². The van der Waals surface area contributed by atoms with Gasteiger partial charge in [-0.25, -0.2) is 5.43 Å². The van der Waals surface area contributed by atoms with E-state index >= 15 is 0 Å². The number of amides is 1. The van der Waals surface area contributed by atoms with E-state index in [0.29, 0.717) is 5.76 Å². The molecule has 0 radical (unpaired) electrons. The average Bonchev–Trinajstić information content (AvgIpc) is 3.38. The highest BCUT2D eigenvalue weighted by Gasteiger charge is 2.14. The molecule has 0 spiro atoms. The van der Waals surface area contributed by atoms with Gasteiger partial charge in [-0.1, -0.05) is 36.4 Å². The molecule has 2 heterocycles. The molecule has 0 unspecified atom stereocenters. The van der Waals surface area contributed by atoms with Gasteiger partial charge in [0.1, 0.15) is 18.1 Å². The zero-order valence-corrected chi connectivity index (χ0v) is 19.3. The minimum atomic E-state index is -0.416. The van der Waals surface area contributed by atoms with E-state index < -0.39 is 5.91 Å². The summed E-state index contributed by atoms with van der Waals surface area (Å²) in [5.41, 5.74) is 9.23. The van der Waals surface area contributed by atoms with Crippen LogP contribution in [-0.4, -0.2) is 16.7 Å². The molecular formula is C27H27N3O3. The number of benzene rings is 2. The first kappa shape index (κ1) is 22.1. The maximum Gasteiger partial charge on any atom is 0.307 e. The lowest BCUT2D eigenvalue weighted by Gasteiger charge is -2.15. The number of para-hydroxylation sites is 2. The second-order valence-corrected chi connectivity index (χ2v) is 7.97. The van der Waals surface area contributed by atoms with E-state index in [-0.39, 0.29) is 12.4 Å². The molecule has 0 saturated heterocycles. The van der Waals surface area contributed by atoms with E-state index in [1.165, 1.54) is 16.8 Å². The van der Waals surface area contributed by atoms with Crippen molar-refractivity contribution in [3.05, 3.63) is 106 Å². The van der Waals surface area contributed by atoms with Gasteiger partial charge in [0, 0.05) is 17.0 Å². The Morgan fingerprint density at radius 2 is 1.73 bits per heavy atom. The average molecular weight is 442 g/mol. The maximum atomic E-state index is 12.4. The number of aryl methyl sites for hydroxylation is 3. The predicted octanol–water partition coefficient (Wildman–Crippen LogP) is 5.65. The van der Waals surface area contributed by atoms with Crippen LogP contribution < -0.4 is 10.2 Å². The van der Waals surface area contributed by atoms with Crippen LogP contribution in [0.5, 0.6) is 5.75 Å². The summed E-state index contributed by atoms with van der Waals surface area (Å²) in [5.74, 6) is 1.06. The van der Waals surface area contributed by atoms with E-state index in [2.05, 4.69) is 60.1 Å². The number of aromatic nitrogens is 1. The molecule has 0 fully saturated rings. The van der Waals surface area contributed by atoms with Gasteiger partial charge in [0.2, 0.25) is 0 Å². The Hall–Kier alpha value is -4.06. The summed E-state index contributed by atoms with van der Waals surface area (Å²) in [6, 6.07) is 21.1. The molecule has 1 amide bonds. The molecule has 6 nitrogen and oxygen atoms in total. The number of carbonyl (C=O) groups excluding carboxylic acids is 1. The second-order valence-electron chi connectivity index (χ2n) is 7.97. The number of carbonyl (C=O) groups is 1. The van der Waals surface area contributed by atoms with E-state index in [9.17, 15) is 4.79 Å². The quantitative estimate of drug-likeness (QED) is 0.298. The van der Waals surface area contributed by atoms with Crippen molar-refractivity contribution in [1.82, 2.24) is 9.99 Å². The van der Waals surface area contributed by atoms with Crippen LogP contribution in [0, 0.1) is 27.7 Å². The van der Waals surface area contributed by atoms with Crippen molar-refractivity contribution in [2.75, 3.05) is 0 Å². The van der Waals surface area contributed by atoms with E-state index in [1.807, 2.05) is 37.3 Å². The lowest BCUT2D eigenvalue weighted by atomic mass is 10.1. The van der Waals surface area contributed by atoms with E-state index in [4.69, 9.17) is 9.15 Å². The maximum absolute atomic E-state index is 12.4. The molecule has 4 aromatic rings. The number of rotatable bonds is 7. The van der Waals surface area contributed by atoms with Crippen molar-refractivity contribution in [3.8, 4) is 11.4 Å². The molecule has 0 saturated carbocycles. The molecule has 2 aromatic heterocycles. The molecule has 0 bridgehead atoms. The SMILES string of the molecule is Cc1cccc(C)c1-n1c(C)cc(/C=N\NC(=O)c2ccc(COc3ccccc3)o2)c1C. The zero-order chi connectivity index (χ0) is 23.4. The second kappa shape index (κ2) is 9.61. The lowest BCUT2D eigenvalue weighted by Crippen LogP contribution is -2.16. The Kier molecular flexibility index (Phi) is 6.45. The van der Waals surface area contributed by atoms with Gasteiger partial charge < -0.3 is 13.7 Å². The molecule has 6 heteroatoms. The van der Waals surface area contributed by atoms with Crippen molar-refractivity contribution >= 4 is 12.1 Å². The summed E-state index contributed by atoms with van der Waals surface area (Å²) in [5, 5.41) is 4.15. The minimum Gasteiger partial charge on any atom is -0.486 e. The third-order valence-electron chi connectivity index (χ3n) is 5.51. The Bertz CT molecular complexity index is 1280. The van der Waals surface area contributed by atoms with Gasteiger partial charge in [0.15, 0.2) is 5.76 Å². The van der Waals surface area contributed by atoms with Crippen LogP contribution in [0.4, 0.5) is 0 Å². The number of hydrogen-bond donors (Lipinski definition) is 1. The number of ether oxygens (including phenoxy) is 1. The van der Waals surface area contributed by atoms with Crippen LogP contribution in [0.1, 0.15) is 44.4 Å². The summed E-state index contributed by atoms with van der Waals surface area (Å²) < 4.78 is 13.5. The smallest absolute Gasteiger partial charge is 0.307 e. The van der Waals surface area contributed by atoms with Crippen LogP contribution in [0.2, 0.25) is 0 Å². The first-order chi connectivity index (χ1) is 15.9. The van der Waals surface area contributed by atoms with Gasteiger partial charge in [-0.15, -0.1) is 0 Å². The summed E-state index contributed by atoms with van der Waals surface area (Å²) >= 11 is 0. The fraction of sp³-hybridized carbons (Fsp3) is 0.185. The molecule has 0 aliphatic carbocycles. The standard InChI is InChI=1S/C27H27N3O3/c1-18-9-8-10-19(2)26(18)30-20(3)15-22(21(30)4)16-28-29-27(31)25-14-13-24(33-25)17-32-23-11-6-5-7-12-23/h5-16H,17H2,1-4H3,(H,29,31)/b28-16-. The fourth-order valence-corrected chi connectivity index (χ4v) is 3.89. The first-order valence-corrected chi connectivity index (χ1v) is 10.8. The Morgan fingerprint density at radius 3 is 2.45 bits per heavy atom. The molecule has 33 heavy (non-hydrogen) atoms. The monoisotopic (exact) mass is 441 g/mol. The van der Waals surface area contributed by atoms with Gasteiger partial charge >= 0.3 is 5.91 Å². The van der Waals surface area contributed by atoms with Crippen molar-refractivity contribution in [2.45, 2.75) is 34.3 Å². The number of nitrogens with zero attached hydrogens (tertiary/aromatic N) is 2. The summed E-state index contributed by atoms with van der Waals surface area (Å²) in [6.07, 6.45) is 1.66.